The normalized spacial score (nSPS) is 16.5. The summed E-state index contributed by atoms with van der Waals surface area (Å²) in [5.41, 5.74) is 2.92. The second-order valence-electron chi connectivity index (χ2n) is 11.4. The Morgan fingerprint density at radius 3 is 2.02 bits per heavy atom. The Balaban J connectivity index is 1.35. The molecular weight excluding hydrogens is 625 g/mol. The number of carbonyl (C=O) groups is 3. The Morgan fingerprint density at radius 1 is 0.833 bits per heavy atom. The van der Waals surface area contributed by atoms with Gasteiger partial charge in [0.1, 0.15) is 24.0 Å². The van der Waals surface area contributed by atoms with Crippen LogP contribution in [0.2, 0.25) is 0 Å². The van der Waals surface area contributed by atoms with E-state index in [1.807, 2.05) is 97.1 Å². The van der Waals surface area contributed by atoms with Crippen molar-refractivity contribution in [1.29, 1.82) is 0 Å². The van der Waals surface area contributed by atoms with Gasteiger partial charge in [0, 0.05) is 5.56 Å². The van der Waals surface area contributed by atoms with Crippen LogP contribution in [-0.2, 0) is 49.2 Å². The molecule has 6 rings (SSSR count). The van der Waals surface area contributed by atoms with Gasteiger partial charge in [-0.25, -0.2) is 4.79 Å². The van der Waals surface area contributed by atoms with Gasteiger partial charge in [-0.15, -0.1) is 0 Å². The molecule has 242 valence electrons. The first-order chi connectivity index (χ1) is 23.3. The molecule has 4 aromatic rings. The number of ether oxygens (including phenoxy) is 3. The van der Waals surface area contributed by atoms with Crippen molar-refractivity contribution in [2.75, 3.05) is 12.0 Å². The average molecular weight is 659 g/mol. The van der Waals surface area contributed by atoms with Gasteiger partial charge >= 0.3 is 11.9 Å². The average Bonchev–Trinajstić information content (AvgIpc) is 3.52. The molecule has 2 aliphatic heterocycles. The number of aliphatic imine (C=N–C) groups is 1. The first kappa shape index (κ1) is 32.5. The summed E-state index contributed by atoms with van der Waals surface area (Å²) in [5, 5.41) is 0.245. The van der Waals surface area contributed by atoms with Gasteiger partial charge in [-0.3, -0.25) is 14.6 Å². The van der Waals surface area contributed by atoms with Crippen molar-refractivity contribution < 1.29 is 28.6 Å². The molecule has 0 bridgehead atoms. The number of hydrogen-bond acceptors (Lipinski definition) is 8. The van der Waals surface area contributed by atoms with Gasteiger partial charge in [0.2, 0.25) is 0 Å². The van der Waals surface area contributed by atoms with E-state index in [0.29, 0.717) is 34.0 Å². The van der Waals surface area contributed by atoms with Gasteiger partial charge in [0.15, 0.2) is 5.54 Å². The lowest BCUT2D eigenvalue weighted by molar-refractivity contribution is -0.144. The van der Waals surface area contributed by atoms with E-state index in [2.05, 4.69) is 6.58 Å². The summed E-state index contributed by atoms with van der Waals surface area (Å²) in [4.78, 5) is 48.5. The van der Waals surface area contributed by atoms with Gasteiger partial charge in [-0.1, -0.05) is 109 Å². The lowest BCUT2D eigenvalue weighted by atomic mass is 9.84. The van der Waals surface area contributed by atoms with Crippen LogP contribution in [0.1, 0.15) is 35.6 Å². The monoisotopic (exact) mass is 658 g/mol. The number of esters is 2. The fourth-order valence-corrected chi connectivity index (χ4v) is 6.83. The molecular formula is C39H34N2O6S. The Bertz CT molecular complexity index is 1920. The molecule has 1 amide bonds. The number of anilines is 1. The largest absolute Gasteiger partial charge is 0.497 e. The summed E-state index contributed by atoms with van der Waals surface area (Å²) in [6.45, 7) is 6.30. The Kier molecular flexibility index (Phi) is 9.59. The number of carbonyl (C=O) groups excluding carboxylic acids is 3. The van der Waals surface area contributed by atoms with E-state index in [4.69, 9.17) is 19.2 Å². The van der Waals surface area contributed by atoms with Gasteiger partial charge in [0.05, 0.1) is 31.3 Å². The first-order valence-electron chi connectivity index (χ1n) is 15.4. The van der Waals surface area contributed by atoms with Crippen LogP contribution >= 0.6 is 11.8 Å². The van der Waals surface area contributed by atoms with E-state index in [1.165, 1.54) is 0 Å². The third kappa shape index (κ3) is 6.55. The van der Waals surface area contributed by atoms with Crippen LogP contribution in [0.25, 0.3) is 0 Å². The third-order valence-corrected chi connectivity index (χ3v) is 9.19. The number of nitrogens with zero attached hydrogens (tertiary/aromatic N) is 2. The van der Waals surface area contributed by atoms with E-state index < -0.39 is 17.5 Å². The Labute approximate surface area is 283 Å². The maximum Gasteiger partial charge on any atom is 0.341 e. The quantitative estimate of drug-likeness (QED) is 0.156. The number of rotatable bonds is 11. The summed E-state index contributed by atoms with van der Waals surface area (Å²) in [7, 11) is 1.56. The highest BCUT2D eigenvalue weighted by Crippen LogP contribution is 2.54. The van der Waals surface area contributed by atoms with E-state index in [-0.39, 0.29) is 36.2 Å². The van der Waals surface area contributed by atoms with E-state index >= 15 is 0 Å². The van der Waals surface area contributed by atoms with Gasteiger partial charge in [-0.05, 0) is 52.3 Å². The second-order valence-corrected chi connectivity index (χ2v) is 12.6. The molecule has 0 saturated heterocycles. The molecule has 0 aromatic heterocycles. The molecule has 8 nitrogen and oxygen atoms in total. The lowest BCUT2D eigenvalue weighted by Crippen LogP contribution is -2.39. The number of fused-ring (bicyclic) bond motifs is 2. The summed E-state index contributed by atoms with van der Waals surface area (Å²) < 4.78 is 16.8. The summed E-state index contributed by atoms with van der Waals surface area (Å²) in [6.07, 6.45) is -0.118. The van der Waals surface area contributed by atoms with Crippen molar-refractivity contribution >= 4 is 40.3 Å². The molecule has 1 spiro atoms. The smallest absolute Gasteiger partial charge is 0.341 e. The summed E-state index contributed by atoms with van der Waals surface area (Å²) in [5.74, 6) is -0.855. The van der Waals surface area contributed by atoms with Crippen molar-refractivity contribution in [2.24, 2.45) is 4.99 Å². The zero-order chi connectivity index (χ0) is 33.7. The predicted octanol–water partition coefficient (Wildman–Crippen LogP) is 7.29. The Morgan fingerprint density at radius 2 is 1.42 bits per heavy atom. The third-order valence-electron chi connectivity index (χ3n) is 8.27. The number of methoxy groups -OCH3 is 1. The lowest BCUT2D eigenvalue weighted by Gasteiger charge is -2.23. The molecule has 1 atom stereocenters. The van der Waals surface area contributed by atoms with E-state index in [9.17, 15) is 14.4 Å². The molecule has 2 heterocycles. The maximum atomic E-state index is 14.7. The highest BCUT2D eigenvalue weighted by atomic mass is 32.2. The van der Waals surface area contributed by atoms with Crippen LogP contribution in [0.3, 0.4) is 0 Å². The van der Waals surface area contributed by atoms with Crippen molar-refractivity contribution in [3.05, 3.63) is 154 Å². The minimum absolute atomic E-state index is 0.0344. The molecule has 0 aliphatic carbocycles. The Hall–Kier alpha value is -5.41. The minimum atomic E-state index is -1.55. The maximum absolute atomic E-state index is 14.7. The first-order valence-corrected chi connectivity index (χ1v) is 16.2. The fraction of sp³-hybridized carbons (Fsp3) is 0.179. The zero-order valence-electron chi connectivity index (χ0n) is 26.7. The van der Waals surface area contributed by atoms with Crippen LogP contribution < -0.4 is 9.64 Å². The van der Waals surface area contributed by atoms with E-state index in [1.54, 1.807) is 31.1 Å². The number of benzene rings is 4. The van der Waals surface area contributed by atoms with Gasteiger partial charge < -0.3 is 19.1 Å². The highest BCUT2D eigenvalue weighted by Gasteiger charge is 2.57. The predicted molar refractivity (Wildman–Crippen MR) is 186 cm³/mol. The number of thioether (sulfide) groups is 1. The molecule has 4 aromatic carbocycles. The summed E-state index contributed by atoms with van der Waals surface area (Å²) >= 11 is 1.07. The molecule has 1 unspecified atom stereocenters. The number of amides is 1. The van der Waals surface area contributed by atoms with Crippen LogP contribution in [0.5, 0.6) is 5.75 Å². The molecule has 2 aliphatic rings. The van der Waals surface area contributed by atoms with Gasteiger partial charge in [0.25, 0.3) is 5.91 Å². The van der Waals surface area contributed by atoms with Crippen LogP contribution in [0, 0.1) is 0 Å². The standard InChI is InChI=1S/C39H34N2O6S/c1-26(21-34(42)46-24-29-15-9-5-10-16-29)48-36-35(37(43)47-25-30-17-11-6-12-18-30)27(2)39(40-36)32-22-31(45-3)19-20-33(32)41(38(39)44)23-28-13-7-4-8-14-28/h4-20,22H,1,21,23-25H2,2-3H3. The SMILES string of the molecule is C=C(CC(=O)OCc1ccccc1)SC1=NC2(C(=O)N(Cc3ccccc3)c3ccc(OC)cc32)C(C)=C1C(=O)OCc1ccccc1. The van der Waals surface area contributed by atoms with Crippen LogP contribution in [-0.4, -0.2) is 30.0 Å². The number of hydrogen-bond donors (Lipinski definition) is 0. The topological polar surface area (TPSA) is 94.5 Å². The molecule has 0 fully saturated rings. The molecule has 0 radical (unpaired) electrons. The van der Waals surface area contributed by atoms with Crippen molar-refractivity contribution in [1.82, 2.24) is 0 Å². The van der Waals surface area contributed by atoms with Crippen LogP contribution in [0.4, 0.5) is 5.69 Å². The molecule has 0 saturated carbocycles. The molecule has 48 heavy (non-hydrogen) atoms. The van der Waals surface area contributed by atoms with E-state index in [0.717, 1.165) is 28.5 Å². The van der Waals surface area contributed by atoms with Crippen molar-refractivity contribution in [3.8, 4) is 5.75 Å². The fourth-order valence-electron chi connectivity index (χ4n) is 5.85. The molecule has 9 heteroatoms. The van der Waals surface area contributed by atoms with Crippen LogP contribution in [0.15, 0.2) is 137 Å². The van der Waals surface area contributed by atoms with Crippen molar-refractivity contribution in [2.45, 2.75) is 38.6 Å². The van der Waals surface area contributed by atoms with Crippen molar-refractivity contribution in [3.63, 3.8) is 0 Å². The second kappa shape index (κ2) is 14.1. The van der Waals surface area contributed by atoms with Gasteiger partial charge in [-0.2, -0.15) is 0 Å². The molecule has 0 N–H and O–H groups in total. The zero-order valence-corrected chi connectivity index (χ0v) is 27.5. The highest BCUT2D eigenvalue weighted by molar-refractivity contribution is 8.17. The minimum Gasteiger partial charge on any atom is -0.497 e. The summed E-state index contributed by atoms with van der Waals surface area (Å²) in [6, 6.07) is 33.8.